The summed E-state index contributed by atoms with van der Waals surface area (Å²) in [6.07, 6.45) is 0.781. The minimum Gasteiger partial charge on any atom is -0.325 e. The van der Waals surface area contributed by atoms with Gasteiger partial charge in [-0.15, -0.1) is 0 Å². The Kier molecular flexibility index (Phi) is 6.11. The number of nitrogens with one attached hydrogen (secondary N) is 1. The van der Waals surface area contributed by atoms with E-state index in [1.54, 1.807) is 25.1 Å². The fourth-order valence-corrected chi connectivity index (χ4v) is 4.59. The van der Waals surface area contributed by atoms with E-state index >= 15 is 0 Å². The summed E-state index contributed by atoms with van der Waals surface area (Å²) in [4.78, 5) is 12.7. The molecule has 28 heavy (non-hydrogen) atoms. The van der Waals surface area contributed by atoms with Crippen molar-refractivity contribution in [1.29, 1.82) is 0 Å². The third kappa shape index (κ3) is 4.24. The number of rotatable bonds is 7. The second-order valence-electron chi connectivity index (χ2n) is 6.50. The van der Waals surface area contributed by atoms with Gasteiger partial charge in [0, 0.05) is 12.2 Å². The topological polar surface area (TPSA) is 66.5 Å². The summed E-state index contributed by atoms with van der Waals surface area (Å²) in [5.74, 6) is -0.355. The van der Waals surface area contributed by atoms with Gasteiger partial charge in [0.25, 0.3) is 0 Å². The largest absolute Gasteiger partial charge is 0.325 e. The third-order valence-corrected chi connectivity index (χ3v) is 6.62. The third-order valence-electron chi connectivity index (χ3n) is 4.70. The summed E-state index contributed by atoms with van der Waals surface area (Å²) in [7, 11) is -3.77. The van der Waals surface area contributed by atoms with Gasteiger partial charge in [0.1, 0.15) is 0 Å². The predicted octanol–water partition coefficient (Wildman–Crippen LogP) is 4.05. The second-order valence-corrected chi connectivity index (χ2v) is 8.44. The van der Waals surface area contributed by atoms with Crippen LogP contribution in [0.4, 0.5) is 5.69 Å². The van der Waals surface area contributed by atoms with Crippen LogP contribution in [-0.2, 0) is 21.2 Å². The van der Waals surface area contributed by atoms with Crippen LogP contribution in [0.5, 0.6) is 0 Å². The summed E-state index contributed by atoms with van der Waals surface area (Å²) in [5.41, 5.74) is 1.73. The molecule has 0 aliphatic heterocycles. The normalized spacial score (nSPS) is 11.7. The molecule has 5 nitrogen and oxygen atoms in total. The van der Waals surface area contributed by atoms with Crippen LogP contribution in [0.2, 0.25) is 0 Å². The molecule has 146 valence electrons. The van der Waals surface area contributed by atoms with Crippen LogP contribution in [0.3, 0.4) is 0 Å². The van der Waals surface area contributed by atoms with Crippen molar-refractivity contribution in [1.82, 2.24) is 4.31 Å². The average molecular weight is 397 g/mol. The van der Waals surface area contributed by atoms with E-state index in [1.807, 2.05) is 55.5 Å². The number of benzene rings is 3. The number of amides is 1. The number of hydrogen-bond acceptors (Lipinski definition) is 3. The fourth-order valence-electron chi connectivity index (χ4n) is 3.14. The van der Waals surface area contributed by atoms with E-state index in [9.17, 15) is 13.2 Å². The molecular formula is C22H24N2O3S. The number of para-hydroxylation sites is 1. The number of carbonyl (C=O) groups excluding carboxylic acids is 1. The van der Waals surface area contributed by atoms with E-state index in [1.165, 1.54) is 4.31 Å². The molecule has 0 bridgehead atoms. The smallest absolute Gasteiger partial charge is 0.243 e. The van der Waals surface area contributed by atoms with E-state index in [0.717, 1.165) is 22.8 Å². The summed E-state index contributed by atoms with van der Waals surface area (Å²) in [6, 6.07) is 20.1. The molecule has 1 amide bonds. The van der Waals surface area contributed by atoms with Gasteiger partial charge in [0.05, 0.1) is 11.4 Å². The molecule has 0 heterocycles. The number of carbonyl (C=O) groups is 1. The molecule has 1 N–H and O–H groups in total. The number of hydrogen-bond donors (Lipinski definition) is 1. The first-order valence-electron chi connectivity index (χ1n) is 9.32. The van der Waals surface area contributed by atoms with Gasteiger partial charge < -0.3 is 5.32 Å². The Bertz CT molecular complexity index is 1090. The first-order chi connectivity index (χ1) is 13.5. The molecule has 0 spiro atoms. The maximum atomic E-state index is 13.1. The van der Waals surface area contributed by atoms with Crippen LogP contribution in [0.25, 0.3) is 10.8 Å². The van der Waals surface area contributed by atoms with E-state index < -0.39 is 10.0 Å². The van der Waals surface area contributed by atoms with Gasteiger partial charge in [-0.05, 0) is 41.0 Å². The summed E-state index contributed by atoms with van der Waals surface area (Å²) < 4.78 is 27.3. The standard InChI is InChI=1S/C22H24N2O3S/c1-3-17-9-7-8-12-21(17)23-22(25)16-24(4-2)28(26,27)20-14-13-18-10-5-6-11-19(18)15-20/h5-15H,3-4,16H2,1-2H3,(H,23,25). The van der Waals surface area contributed by atoms with E-state index in [0.29, 0.717) is 5.69 Å². The molecule has 0 aromatic heterocycles. The molecule has 3 rings (SSSR count). The predicted molar refractivity (Wildman–Crippen MR) is 113 cm³/mol. The fraction of sp³-hybridized carbons (Fsp3) is 0.227. The van der Waals surface area contributed by atoms with Crippen LogP contribution in [0.1, 0.15) is 19.4 Å². The van der Waals surface area contributed by atoms with Gasteiger partial charge in [-0.1, -0.05) is 62.4 Å². The lowest BCUT2D eigenvalue weighted by Crippen LogP contribution is -2.38. The van der Waals surface area contributed by atoms with Gasteiger partial charge in [-0.3, -0.25) is 4.79 Å². The summed E-state index contributed by atoms with van der Waals surface area (Å²) in [6.45, 7) is 3.71. The number of sulfonamides is 1. The van der Waals surface area contributed by atoms with Crippen LogP contribution in [0.15, 0.2) is 71.6 Å². The molecule has 0 saturated heterocycles. The molecule has 0 radical (unpaired) electrons. The quantitative estimate of drug-likeness (QED) is 0.655. The number of aryl methyl sites for hydroxylation is 1. The molecule has 0 fully saturated rings. The Hall–Kier alpha value is -2.70. The SMILES string of the molecule is CCc1ccccc1NC(=O)CN(CC)S(=O)(=O)c1ccc2ccccc2c1. The number of fused-ring (bicyclic) bond motifs is 1. The Morgan fingerprint density at radius 3 is 2.32 bits per heavy atom. The molecule has 3 aromatic rings. The number of nitrogens with zero attached hydrogens (tertiary/aromatic N) is 1. The van der Waals surface area contributed by atoms with Gasteiger partial charge in [0.2, 0.25) is 15.9 Å². The van der Waals surface area contributed by atoms with Crippen LogP contribution >= 0.6 is 0 Å². The van der Waals surface area contributed by atoms with Crippen molar-refractivity contribution in [3.05, 3.63) is 72.3 Å². The summed E-state index contributed by atoms with van der Waals surface area (Å²) in [5, 5.41) is 4.65. The first kappa shape index (κ1) is 20.0. The maximum Gasteiger partial charge on any atom is 0.243 e. The molecule has 0 aliphatic rings. The lowest BCUT2D eigenvalue weighted by molar-refractivity contribution is -0.116. The Balaban J connectivity index is 1.81. The first-order valence-corrected chi connectivity index (χ1v) is 10.8. The van der Waals surface area contributed by atoms with Crippen molar-refractivity contribution in [3.8, 4) is 0 Å². The number of likely N-dealkylation sites (N-methyl/N-ethyl adjacent to an activating group) is 1. The lowest BCUT2D eigenvalue weighted by Gasteiger charge is -2.20. The van der Waals surface area contributed by atoms with Gasteiger partial charge in [0.15, 0.2) is 0 Å². The highest BCUT2D eigenvalue weighted by atomic mass is 32.2. The zero-order chi connectivity index (χ0) is 20.1. The van der Waals surface area contributed by atoms with Gasteiger partial charge in [-0.25, -0.2) is 8.42 Å². The van der Waals surface area contributed by atoms with Crippen molar-refractivity contribution in [2.24, 2.45) is 0 Å². The Morgan fingerprint density at radius 1 is 0.929 bits per heavy atom. The molecule has 0 aliphatic carbocycles. The zero-order valence-corrected chi connectivity index (χ0v) is 16.9. The molecule has 0 unspecified atom stereocenters. The number of anilines is 1. The summed E-state index contributed by atoms with van der Waals surface area (Å²) >= 11 is 0. The van der Waals surface area contributed by atoms with Gasteiger partial charge in [-0.2, -0.15) is 4.31 Å². The molecule has 0 atom stereocenters. The highest BCUT2D eigenvalue weighted by Crippen LogP contribution is 2.22. The highest BCUT2D eigenvalue weighted by Gasteiger charge is 2.25. The minimum absolute atomic E-state index is 0.190. The Labute approximate surface area is 166 Å². The van der Waals surface area contributed by atoms with Crippen LogP contribution < -0.4 is 5.32 Å². The van der Waals surface area contributed by atoms with E-state index in [-0.39, 0.29) is 23.9 Å². The molecular weight excluding hydrogens is 372 g/mol. The second kappa shape index (κ2) is 8.54. The molecule has 0 saturated carbocycles. The minimum atomic E-state index is -3.77. The van der Waals surface area contributed by atoms with Crippen molar-refractivity contribution in [3.63, 3.8) is 0 Å². The lowest BCUT2D eigenvalue weighted by atomic mass is 10.1. The van der Waals surface area contributed by atoms with Crippen molar-refractivity contribution in [2.75, 3.05) is 18.4 Å². The monoisotopic (exact) mass is 396 g/mol. The highest BCUT2D eigenvalue weighted by molar-refractivity contribution is 7.89. The van der Waals surface area contributed by atoms with E-state index in [4.69, 9.17) is 0 Å². The Morgan fingerprint density at radius 2 is 1.61 bits per heavy atom. The molecule has 6 heteroatoms. The van der Waals surface area contributed by atoms with E-state index in [2.05, 4.69) is 5.32 Å². The van der Waals surface area contributed by atoms with Crippen LogP contribution in [-0.4, -0.2) is 31.7 Å². The van der Waals surface area contributed by atoms with Gasteiger partial charge >= 0.3 is 0 Å². The van der Waals surface area contributed by atoms with Crippen molar-refractivity contribution < 1.29 is 13.2 Å². The molecule has 3 aromatic carbocycles. The maximum absolute atomic E-state index is 13.1. The zero-order valence-electron chi connectivity index (χ0n) is 16.1. The van der Waals surface area contributed by atoms with Crippen molar-refractivity contribution in [2.45, 2.75) is 25.2 Å². The van der Waals surface area contributed by atoms with Crippen LogP contribution in [0, 0.1) is 0 Å². The van der Waals surface area contributed by atoms with Crippen molar-refractivity contribution >= 4 is 32.4 Å². The average Bonchev–Trinajstić information content (AvgIpc) is 2.71.